The van der Waals surface area contributed by atoms with Crippen molar-refractivity contribution in [3.63, 3.8) is 0 Å². The third-order valence-corrected chi connectivity index (χ3v) is 6.38. The van der Waals surface area contributed by atoms with Gasteiger partial charge in [-0.2, -0.15) is 0 Å². The van der Waals surface area contributed by atoms with E-state index < -0.39 is 0 Å². The number of aromatic hydroxyl groups is 1. The molecule has 1 unspecified atom stereocenters. The van der Waals surface area contributed by atoms with Crippen LogP contribution >= 0.6 is 0 Å². The van der Waals surface area contributed by atoms with E-state index in [1.54, 1.807) is 29.2 Å². The zero-order valence-corrected chi connectivity index (χ0v) is 18.3. The van der Waals surface area contributed by atoms with Crippen molar-refractivity contribution < 1.29 is 19.1 Å². The van der Waals surface area contributed by atoms with E-state index in [1.165, 1.54) is 24.3 Å². The molecule has 0 aliphatic carbocycles. The fraction of sp³-hybridized carbons (Fsp3) is 0.417. The van der Waals surface area contributed by atoms with E-state index in [1.807, 2.05) is 11.8 Å². The zero-order chi connectivity index (χ0) is 22.7. The van der Waals surface area contributed by atoms with E-state index in [0.29, 0.717) is 31.7 Å². The van der Waals surface area contributed by atoms with Gasteiger partial charge in [0, 0.05) is 63.6 Å². The number of benzene rings is 2. The van der Waals surface area contributed by atoms with Crippen LogP contribution in [0.1, 0.15) is 17.3 Å². The van der Waals surface area contributed by atoms with Crippen molar-refractivity contribution in [3.8, 4) is 5.75 Å². The van der Waals surface area contributed by atoms with Crippen LogP contribution in [0.15, 0.2) is 48.5 Å². The first kappa shape index (κ1) is 22.1. The molecule has 8 heteroatoms. The standard InChI is InChI=1S/C24H29FN4O3/c1-18(26-9-11-27(12-10-26)21-7-5-20(25)6-8-21)23(31)28-13-15-29(16-14-28)24(32)19-3-2-4-22(30)17-19/h2-8,17-18,30H,9-16H2,1H3. The third kappa shape index (κ3) is 4.85. The molecule has 7 nitrogen and oxygen atoms in total. The topological polar surface area (TPSA) is 67.3 Å². The summed E-state index contributed by atoms with van der Waals surface area (Å²) in [7, 11) is 0. The van der Waals surface area contributed by atoms with Crippen molar-refractivity contribution in [2.45, 2.75) is 13.0 Å². The summed E-state index contributed by atoms with van der Waals surface area (Å²) in [6, 6.07) is 12.6. The normalized spacial score (nSPS) is 18.5. The maximum atomic E-state index is 13.2. The average molecular weight is 441 g/mol. The molecule has 170 valence electrons. The summed E-state index contributed by atoms with van der Waals surface area (Å²) in [6.45, 7) is 7.01. The SMILES string of the molecule is CC(C(=O)N1CCN(C(=O)c2cccc(O)c2)CC1)N1CCN(c2ccc(F)cc2)CC1. The summed E-state index contributed by atoms with van der Waals surface area (Å²) in [5, 5.41) is 9.61. The number of hydrogen-bond donors (Lipinski definition) is 1. The summed E-state index contributed by atoms with van der Waals surface area (Å²) in [6.07, 6.45) is 0. The Labute approximate surface area is 187 Å². The van der Waals surface area contributed by atoms with Gasteiger partial charge in [-0.1, -0.05) is 6.07 Å². The van der Waals surface area contributed by atoms with Crippen LogP contribution in [-0.4, -0.2) is 90.0 Å². The smallest absolute Gasteiger partial charge is 0.254 e. The Hall–Kier alpha value is -3.13. The van der Waals surface area contributed by atoms with Gasteiger partial charge in [-0.3, -0.25) is 14.5 Å². The van der Waals surface area contributed by atoms with Gasteiger partial charge >= 0.3 is 0 Å². The highest BCUT2D eigenvalue weighted by Crippen LogP contribution is 2.19. The maximum absolute atomic E-state index is 13.2. The van der Waals surface area contributed by atoms with E-state index in [9.17, 15) is 19.1 Å². The molecule has 2 aromatic carbocycles. The van der Waals surface area contributed by atoms with E-state index in [0.717, 1.165) is 31.9 Å². The van der Waals surface area contributed by atoms with Crippen LogP contribution in [0, 0.1) is 5.82 Å². The first-order valence-electron chi connectivity index (χ1n) is 11.0. The van der Waals surface area contributed by atoms with Crippen LogP contribution in [0.5, 0.6) is 5.75 Å². The average Bonchev–Trinajstić information content (AvgIpc) is 2.83. The molecule has 2 saturated heterocycles. The molecule has 4 rings (SSSR count). The summed E-state index contributed by atoms with van der Waals surface area (Å²) < 4.78 is 13.2. The predicted molar refractivity (Wildman–Crippen MR) is 120 cm³/mol. The number of nitrogens with zero attached hydrogens (tertiary/aromatic N) is 4. The van der Waals surface area contributed by atoms with E-state index in [4.69, 9.17) is 0 Å². The first-order valence-corrected chi connectivity index (χ1v) is 11.0. The van der Waals surface area contributed by atoms with Crippen LogP contribution in [0.25, 0.3) is 0 Å². The number of phenolic OH excluding ortho intramolecular Hbond substituents is 1. The molecule has 1 N–H and O–H groups in total. The van der Waals surface area contributed by atoms with Crippen LogP contribution in [0.4, 0.5) is 10.1 Å². The van der Waals surface area contributed by atoms with Crippen molar-refractivity contribution >= 4 is 17.5 Å². The van der Waals surface area contributed by atoms with E-state index >= 15 is 0 Å². The molecule has 2 fully saturated rings. The van der Waals surface area contributed by atoms with E-state index in [2.05, 4.69) is 9.80 Å². The maximum Gasteiger partial charge on any atom is 0.254 e. The molecular weight excluding hydrogens is 411 g/mol. The van der Waals surface area contributed by atoms with Gasteiger partial charge in [0.25, 0.3) is 5.91 Å². The second kappa shape index (κ2) is 9.56. The predicted octanol–water partition coefficient (Wildman–Crippen LogP) is 2.03. The van der Waals surface area contributed by atoms with Crippen LogP contribution in [0.3, 0.4) is 0 Å². The Balaban J connectivity index is 1.27. The van der Waals surface area contributed by atoms with Gasteiger partial charge in [-0.25, -0.2) is 4.39 Å². The molecule has 0 spiro atoms. The molecule has 2 aromatic rings. The number of amides is 2. The minimum Gasteiger partial charge on any atom is -0.508 e. The lowest BCUT2D eigenvalue weighted by Crippen LogP contribution is -2.58. The molecule has 1 atom stereocenters. The highest BCUT2D eigenvalue weighted by Gasteiger charge is 2.31. The van der Waals surface area contributed by atoms with Gasteiger partial charge in [0.15, 0.2) is 0 Å². The Morgan fingerprint density at radius 3 is 2.12 bits per heavy atom. The second-order valence-corrected chi connectivity index (χ2v) is 8.34. The van der Waals surface area contributed by atoms with Gasteiger partial charge in [-0.15, -0.1) is 0 Å². The Morgan fingerprint density at radius 1 is 0.875 bits per heavy atom. The molecule has 0 aromatic heterocycles. The van der Waals surface area contributed by atoms with Crippen molar-refractivity contribution in [2.75, 3.05) is 57.3 Å². The van der Waals surface area contributed by atoms with Crippen LogP contribution in [0.2, 0.25) is 0 Å². The van der Waals surface area contributed by atoms with Gasteiger partial charge in [-0.05, 0) is 49.4 Å². The number of hydrogen-bond acceptors (Lipinski definition) is 5. The van der Waals surface area contributed by atoms with E-state index in [-0.39, 0.29) is 29.4 Å². The van der Waals surface area contributed by atoms with Crippen molar-refractivity contribution in [3.05, 3.63) is 59.9 Å². The van der Waals surface area contributed by atoms with Crippen molar-refractivity contribution in [1.29, 1.82) is 0 Å². The van der Waals surface area contributed by atoms with Gasteiger partial charge in [0.1, 0.15) is 11.6 Å². The summed E-state index contributed by atoms with van der Waals surface area (Å²) >= 11 is 0. The van der Waals surface area contributed by atoms with Gasteiger partial charge < -0.3 is 19.8 Å². The summed E-state index contributed by atoms with van der Waals surface area (Å²) in [5.41, 5.74) is 1.45. The van der Waals surface area contributed by atoms with Gasteiger partial charge in [0.05, 0.1) is 6.04 Å². The number of rotatable bonds is 4. The summed E-state index contributed by atoms with van der Waals surface area (Å²) in [4.78, 5) is 33.7. The Kier molecular flexibility index (Phi) is 6.60. The highest BCUT2D eigenvalue weighted by atomic mass is 19.1. The molecule has 32 heavy (non-hydrogen) atoms. The highest BCUT2D eigenvalue weighted by molar-refractivity contribution is 5.94. The largest absolute Gasteiger partial charge is 0.508 e. The minimum absolute atomic E-state index is 0.0676. The second-order valence-electron chi connectivity index (χ2n) is 8.34. The Morgan fingerprint density at radius 2 is 1.50 bits per heavy atom. The lowest BCUT2D eigenvalue weighted by atomic mass is 10.1. The van der Waals surface area contributed by atoms with Crippen LogP contribution in [-0.2, 0) is 4.79 Å². The van der Waals surface area contributed by atoms with Crippen molar-refractivity contribution in [1.82, 2.24) is 14.7 Å². The zero-order valence-electron chi connectivity index (χ0n) is 18.3. The molecular formula is C24H29FN4O3. The van der Waals surface area contributed by atoms with Crippen LogP contribution < -0.4 is 4.90 Å². The molecule has 2 heterocycles. The molecule has 2 aliphatic rings. The fourth-order valence-corrected chi connectivity index (χ4v) is 4.39. The number of carbonyl (C=O) groups excluding carboxylic acids is 2. The lowest BCUT2D eigenvalue weighted by Gasteiger charge is -2.41. The summed E-state index contributed by atoms with van der Waals surface area (Å²) in [5.74, 6) is -0.212. The number of anilines is 1. The lowest BCUT2D eigenvalue weighted by molar-refractivity contribution is -0.138. The number of phenols is 1. The molecule has 2 amide bonds. The molecule has 0 bridgehead atoms. The Bertz CT molecular complexity index is 952. The quantitative estimate of drug-likeness (QED) is 0.788. The van der Waals surface area contributed by atoms with Crippen molar-refractivity contribution in [2.24, 2.45) is 0 Å². The molecule has 2 aliphatic heterocycles. The number of carbonyl (C=O) groups is 2. The number of halogens is 1. The third-order valence-electron chi connectivity index (χ3n) is 6.38. The molecule has 0 radical (unpaired) electrons. The molecule has 0 saturated carbocycles. The number of piperazine rings is 2. The first-order chi connectivity index (χ1) is 15.4. The van der Waals surface area contributed by atoms with Gasteiger partial charge in [0.2, 0.25) is 5.91 Å². The minimum atomic E-state index is -0.240. The fourth-order valence-electron chi connectivity index (χ4n) is 4.39. The monoisotopic (exact) mass is 440 g/mol.